The fourth-order valence-electron chi connectivity index (χ4n) is 3.60. The first kappa shape index (κ1) is 25.9. The minimum absolute atomic E-state index is 0.125. The molecule has 0 aromatic heterocycles. The Morgan fingerprint density at radius 1 is 1.12 bits per heavy atom. The van der Waals surface area contributed by atoms with E-state index in [1.54, 1.807) is 6.08 Å². The van der Waals surface area contributed by atoms with Crippen LogP contribution in [0.3, 0.4) is 0 Å². The van der Waals surface area contributed by atoms with E-state index < -0.39 is 0 Å². The van der Waals surface area contributed by atoms with Gasteiger partial charge in [0.05, 0.1) is 6.54 Å². The van der Waals surface area contributed by atoms with Crippen molar-refractivity contribution < 1.29 is 4.79 Å². The number of benzene rings is 1. The molecule has 0 saturated carbocycles. The summed E-state index contributed by atoms with van der Waals surface area (Å²) in [4.78, 5) is 19.8. The van der Waals surface area contributed by atoms with Gasteiger partial charge < -0.3 is 4.90 Å². The third kappa shape index (κ3) is 8.99. The molecule has 1 aromatic carbocycles. The molecule has 5 heteroatoms. The lowest BCUT2D eigenvalue weighted by molar-refractivity contribution is -0.130. The second-order valence-electron chi connectivity index (χ2n) is 7.76. The highest BCUT2D eigenvalue weighted by Crippen LogP contribution is 2.15. The first-order chi connectivity index (χ1) is 15.6. The average Bonchev–Trinajstić information content (AvgIpc) is 2.79. The van der Waals surface area contributed by atoms with Gasteiger partial charge in [-0.3, -0.25) is 14.6 Å². The largest absolute Gasteiger partial charge is 0.308 e. The highest BCUT2D eigenvalue weighted by atomic mass is 35.5. The molecule has 0 bridgehead atoms. The van der Waals surface area contributed by atoms with Crippen LogP contribution in [0.25, 0.3) is 0 Å². The summed E-state index contributed by atoms with van der Waals surface area (Å²) < 4.78 is 0. The molecule has 0 atom stereocenters. The number of nitrogens with zero attached hydrogens (tertiary/aromatic N) is 3. The molecule has 0 spiro atoms. The lowest BCUT2D eigenvalue weighted by Gasteiger charge is -2.35. The number of piperazine rings is 1. The molecule has 1 aliphatic rings. The summed E-state index contributed by atoms with van der Waals surface area (Å²) in [5.74, 6) is 0.125. The molecule has 1 heterocycles. The Bertz CT molecular complexity index is 848. The fraction of sp³-hybridized carbons (Fsp3) is 0.370. The molecule has 1 saturated heterocycles. The molecule has 32 heavy (non-hydrogen) atoms. The van der Waals surface area contributed by atoms with Crippen molar-refractivity contribution in [2.24, 2.45) is 0 Å². The van der Waals surface area contributed by atoms with Crippen molar-refractivity contribution >= 4 is 17.5 Å². The van der Waals surface area contributed by atoms with E-state index in [1.807, 2.05) is 66.5 Å². The predicted molar refractivity (Wildman–Crippen MR) is 137 cm³/mol. The Hall–Kier alpha value is -2.40. The van der Waals surface area contributed by atoms with E-state index in [2.05, 4.69) is 35.4 Å². The number of halogens is 1. The average molecular weight is 454 g/mol. The number of allylic oxidation sites excluding steroid dienone is 7. The first-order valence-corrected chi connectivity index (χ1v) is 11.7. The van der Waals surface area contributed by atoms with Gasteiger partial charge >= 0.3 is 0 Å². The van der Waals surface area contributed by atoms with Gasteiger partial charge in [0, 0.05) is 50.0 Å². The first-order valence-electron chi connectivity index (χ1n) is 11.3. The molecule has 1 aliphatic heterocycles. The molecular weight excluding hydrogens is 418 g/mol. The molecule has 1 fully saturated rings. The Balaban J connectivity index is 1.94. The summed E-state index contributed by atoms with van der Waals surface area (Å²) in [5, 5.41) is 0.776. The van der Waals surface area contributed by atoms with E-state index in [1.165, 1.54) is 5.56 Å². The summed E-state index contributed by atoms with van der Waals surface area (Å²) >= 11 is 6.11. The van der Waals surface area contributed by atoms with Crippen LogP contribution in [0.5, 0.6) is 0 Å². The molecule has 4 nitrogen and oxygen atoms in total. The van der Waals surface area contributed by atoms with Gasteiger partial charge in [0.25, 0.3) is 0 Å². The van der Waals surface area contributed by atoms with Gasteiger partial charge in [-0.25, -0.2) is 0 Å². The number of carbonyl (C=O) groups is 1. The Morgan fingerprint density at radius 3 is 2.53 bits per heavy atom. The van der Waals surface area contributed by atoms with Gasteiger partial charge in [-0.1, -0.05) is 79.8 Å². The fourth-order valence-corrected chi connectivity index (χ4v) is 3.81. The Labute approximate surface area is 198 Å². The van der Waals surface area contributed by atoms with E-state index in [-0.39, 0.29) is 5.91 Å². The third-order valence-corrected chi connectivity index (χ3v) is 5.57. The molecular formula is C27H36ClN3O. The van der Waals surface area contributed by atoms with Crippen molar-refractivity contribution in [2.75, 3.05) is 39.3 Å². The van der Waals surface area contributed by atoms with Crippen LogP contribution in [-0.2, 0) is 11.3 Å². The zero-order valence-corrected chi connectivity index (χ0v) is 20.2. The quantitative estimate of drug-likeness (QED) is 0.416. The van der Waals surface area contributed by atoms with Crippen LogP contribution in [0, 0.1) is 0 Å². The van der Waals surface area contributed by atoms with E-state index in [0.29, 0.717) is 13.1 Å². The summed E-state index contributed by atoms with van der Waals surface area (Å²) in [6.45, 7) is 13.3. The summed E-state index contributed by atoms with van der Waals surface area (Å²) in [5.41, 5.74) is 2.17. The molecule has 1 amide bonds. The monoisotopic (exact) mass is 453 g/mol. The molecule has 172 valence electrons. The molecule has 0 N–H and O–H groups in total. The molecule has 0 radical (unpaired) electrons. The van der Waals surface area contributed by atoms with E-state index in [9.17, 15) is 4.79 Å². The van der Waals surface area contributed by atoms with E-state index in [4.69, 9.17) is 11.6 Å². The zero-order valence-electron chi connectivity index (χ0n) is 19.4. The van der Waals surface area contributed by atoms with Crippen LogP contribution < -0.4 is 0 Å². The summed E-state index contributed by atoms with van der Waals surface area (Å²) in [6, 6.07) is 8.03. The van der Waals surface area contributed by atoms with Crippen molar-refractivity contribution in [3.05, 3.63) is 95.7 Å². The van der Waals surface area contributed by atoms with Crippen molar-refractivity contribution in [2.45, 2.75) is 26.8 Å². The van der Waals surface area contributed by atoms with Gasteiger partial charge in [-0.2, -0.15) is 0 Å². The highest BCUT2D eigenvalue weighted by molar-refractivity contribution is 6.30. The molecule has 1 aromatic rings. The van der Waals surface area contributed by atoms with Gasteiger partial charge in [0.15, 0.2) is 0 Å². The Morgan fingerprint density at radius 2 is 1.88 bits per heavy atom. The third-order valence-electron chi connectivity index (χ3n) is 5.33. The lowest BCUT2D eigenvalue weighted by atomic mass is 10.2. The van der Waals surface area contributed by atoms with Crippen LogP contribution in [0.1, 0.15) is 25.8 Å². The maximum atomic E-state index is 13.2. The van der Waals surface area contributed by atoms with Crippen LogP contribution in [0.4, 0.5) is 0 Å². The van der Waals surface area contributed by atoms with Crippen LogP contribution in [0.15, 0.2) is 85.1 Å². The second kappa shape index (κ2) is 14.6. The standard InChI is InChI=1S/C27H36ClN3O/c1-4-7-9-10-11-16-31(26(6-3)15-8-5-2)27(32)23-30-19-17-29(18-20-30)22-24-13-12-14-25(28)21-24/h4,6-15,21H,1,5,16-20,22-23H2,2-3H3/b9-7-,11-10-,15-8-,26-6+. The lowest BCUT2D eigenvalue weighted by Crippen LogP contribution is -2.49. The van der Waals surface area contributed by atoms with Crippen molar-refractivity contribution in [3.8, 4) is 0 Å². The van der Waals surface area contributed by atoms with Gasteiger partial charge in [0.1, 0.15) is 0 Å². The zero-order chi connectivity index (χ0) is 23.2. The SMILES string of the molecule is C=C/C=C\C=C/CN(C(=O)CN1CCN(Cc2cccc(Cl)c2)CC1)C(/C=C\CC)=C/C. The Kier molecular flexibility index (Phi) is 11.8. The van der Waals surface area contributed by atoms with Gasteiger partial charge in [0.2, 0.25) is 5.91 Å². The van der Waals surface area contributed by atoms with Crippen LogP contribution in [0.2, 0.25) is 5.02 Å². The number of rotatable bonds is 11. The van der Waals surface area contributed by atoms with Crippen LogP contribution in [-0.4, -0.2) is 59.9 Å². The van der Waals surface area contributed by atoms with Crippen molar-refractivity contribution in [3.63, 3.8) is 0 Å². The number of carbonyl (C=O) groups excluding carboxylic acids is 1. The van der Waals surface area contributed by atoms with Crippen molar-refractivity contribution in [1.29, 1.82) is 0 Å². The van der Waals surface area contributed by atoms with Gasteiger partial charge in [-0.15, -0.1) is 0 Å². The number of amides is 1. The van der Waals surface area contributed by atoms with Gasteiger partial charge in [-0.05, 0) is 37.1 Å². The molecule has 0 unspecified atom stereocenters. The molecule has 0 aliphatic carbocycles. The highest BCUT2D eigenvalue weighted by Gasteiger charge is 2.22. The summed E-state index contributed by atoms with van der Waals surface area (Å²) in [7, 11) is 0. The van der Waals surface area contributed by atoms with Crippen LogP contribution >= 0.6 is 11.6 Å². The summed E-state index contributed by atoms with van der Waals surface area (Å²) in [6.07, 6.45) is 16.6. The number of hydrogen-bond acceptors (Lipinski definition) is 3. The normalized spacial score (nSPS) is 16.4. The van der Waals surface area contributed by atoms with E-state index in [0.717, 1.165) is 49.9 Å². The molecule has 2 rings (SSSR count). The predicted octanol–water partition coefficient (Wildman–Crippen LogP) is 5.45. The smallest absolute Gasteiger partial charge is 0.241 e. The number of hydrogen-bond donors (Lipinski definition) is 0. The second-order valence-corrected chi connectivity index (χ2v) is 8.20. The van der Waals surface area contributed by atoms with E-state index >= 15 is 0 Å². The maximum absolute atomic E-state index is 13.2. The topological polar surface area (TPSA) is 26.8 Å². The van der Waals surface area contributed by atoms with Crippen molar-refractivity contribution in [1.82, 2.24) is 14.7 Å². The minimum atomic E-state index is 0.125. The minimum Gasteiger partial charge on any atom is -0.308 e. The maximum Gasteiger partial charge on any atom is 0.241 e.